The molecule has 2 heteroatoms. The van der Waals surface area contributed by atoms with Crippen LogP contribution in [-0.2, 0) is 6.54 Å². The first-order valence-electron chi connectivity index (χ1n) is 7.29. The molecule has 0 spiro atoms. The molecule has 1 heterocycles. The van der Waals surface area contributed by atoms with E-state index >= 15 is 0 Å². The van der Waals surface area contributed by atoms with Crippen molar-refractivity contribution in [3.8, 4) is 0 Å². The molecule has 3 rings (SSSR count). The molecule has 0 atom stereocenters. The van der Waals surface area contributed by atoms with E-state index in [1.165, 1.54) is 5.56 Å². The summed E-state index contributed by atoms with van der Waals surface area (Å²) >= 11 is 0. The maximum Gasteiger partial charge on any atom is 0.202 e. The second-order valence-corrected chi connectivity index (χ2v) is 5.12. The van der Waals surface area contributed by atoms with Crippen LogP contribution in [0.1, 0.15) is 21.6 Å². The van der Waals surface area contributed by atoms with Gasteiger partial charge in [0.2, 0.25) is 5.78 Å². The number of aromatic nitrogens is 1. The van der Waals surface area contributed by atoms with Crippen LogP contribution in [0.4, 0.5) is 0 Å². The van der Waals surface area contributed by atoms with Crippen LogP contribution >= 0.6 is 0 Å². The maximum atomic E-state index is 12.4. The molecule has 22 heavy (non-hydrogen) atoms. The summed E-state index contributed by atoms with van der Waals surface area (Å²) in [7, 11) is 0. The lowest BCUT2D eigenvalue weighted by molar-refractivity contribution is 0.104. The van der Waals surface area contributed by atoms with Gasteiger partial charge in [0.1, 0.15) is 0 Å². The molecule has 0 aliphatic heterocycles. The quantitative estimate of drug-likeness (QED) is 0.502. The number of carbonyl (C=O) groups excluding carboxylic acids is 1. The van der Waals surface area contributed by atoms with Crippen molar-refractivity contribution in [2.45, 2.75) is 6.54 Å². The van der Waals surface area contributed by atoms with E-state index in [2.05, 4.69) is 12.1 Å². The average molecular weight is 287 g/mol. The van der Waals surface area contributed by atoms with Gasteiger partial charge in [-0.05, 0) is 29.3 Å². The Labute approximate surface area is 130 Å². The SMILES string of the molecule is O=C(/C=C/c1ccccc1)c1cccn1Cc1ccccc1. The van der Waals surface area contributed by atoms with Gasteiger partial charge in [0.25, 0.3) is 0 Å². The minimum atomic E-state index is 0.0183. The van der Waals surface area contributed by atoms with E-state index in [1.54, 1.807) is 6.08 Å². The van der Waals surface area contributed by atoms with E-state index in [4.69, 9.17) is 0 Å². The molecule has 0 N–H and O–H groups in total. The van der Waals surface area contributed by atoms with Crippen molar-refractivity contribution in [1.29, 1.82) is 0 Å². The highest BCUT2D eigenvalue weighted by Crippen LogP contribution is 2.10. The number of hydrogen-bond acceptors (Lipinski definition) is 1. The zero-order valence-electron chi connectivity index (χ0n) is 12.2. The van der Waals surface area contributed by atoms with E-state index in [1.807, 2.05) is 77.5 Å². The van der Waals surface area contributed by atoms with E-state index in [9.17, 15) is 4.79 Å². The van der Waals surface area contributed by atoms with Gasteiger partial charge in [-0.25, -0.2) is 0 Å². The lowest BCUT2D eigenvalue weighted by atomic mass is 10.1. The summed E-state index contributed by atoms with van der Waals surface area (Å²) in [5.41, 5.74) is 2.91. The summed E-state index contributed by atoms with van der Waals surface area (Å²) in [4.78, 5) is 12.4. The summed E-state index contributed by atoms with van der Waals surface area (Å²) in [5.74, 6) is 0.0183. The first-order valence-corrected chi connectivity index (χ1v) is 7.29. The predicted octanol–water partition coefficient (Wildman–Crippen LogP) is 4.43. The van der Waals surface area contributed by atoms with Gasteiger partial charge in [-0.3, -0.25) is 4.79 Å². The van der Waals surface area contributed by atoms with Crippen molar-refractivity contribution in [1.82, 2.24) is 4.57 Å². The topological polar surface area (TPSA) is 22.0 Å². The van der Waals surface area contributed by atoms with Crippen molar-refractivity contribution in [3.63, 3.8) is 0 Å². The molecule has 0 unspecified atom stereocenters. The van der Waals surface area contributed by atoms with Crippen LogP contribution in [0.2, 0.25) is 0 Å². The Kier molecular flexibility index (Phi) is 4.30. The molecule has 0 amide bonds. The molecule has 108 valence electrons. The van der Waals surface area contributed by atoms with E-state index in [0.717, 1.165) is 5.56 Å². The Morgan fingerprint density at radius 1 is 0.864 bits per heavy atom. The van der Waals surface area contributed by atoms with Gasteiger partial charge in [-0.1, -0.05) is 66.7 Å². The standard InChI is InChI=1S/C20H17NO/c22-20(14-13-17-8-3-1-4-9-17)19-12-7-15-21(19)16-18-10-5-2-6-11-18/h1-15H,16H2/b14-13+. The highest BCUT2D eigenvalue weighted by atomic mass is 16.1. The molecule has 1 aromatic heterocycles. The molecule has 0 saturated carbocycles. The van der Waals surface area contributed by atoms with Gasteiger partial charge in [-0.15, -0.1) is 0 Å². The summed E-state index contributed by atoms with van der Waals surface area (Å²) in [6.45, 7) is 0.702. The number of carbonyl (C=O) groups is 1. The molecule has 2 aromatic carbocycles. The second-order valence-electron chi connectivity index (χ2n) is 5.12. The van der Waals surface area contributed by atoms with Gasteiger partial charge < -0.3 is 4.57 Å². The van der Waals surface area contributed by atoms with Crippen LogP contribution in [0, 0.1) is 0 Å². The minimum absolute atomic E-state index is 0.0183. The maximum absolute atomic E-state index is 12.4. The normalized spacial score (nSPS) is 10.9. The molecule has 0 saturated heterocycles. The summed E-state index contributed by atoms with van der Waals surface area (Å²) in [5, 5.41) is 0. The van der Waals surface area contributed by atoms with Gasteiger partial charge in [0, 0.05) is 12.7 Å². The zero-order valence-corrected chi connectivity index (χ0v) is 12.2. The molecular weight excluding hydrogens is 270 g/mol. The minimum Gasteiger partial charge on any atom is -0.340 e. The predicted molar refractivity (Wildman–Crippen MR) is 89.8 cm³/mol. The van der Waals surface area contributed by atoms with Crippen LogP contribution in [-0.4, -0.2) is 10.4 Å². The average Bonchev–Trinajstić information content (AvgIpc) is 3.03. The van der Waals surface area contributed by atoms with Gasteiger partial charge in [0.15, 0.2) is 0 Å². The number of ketones is 1. The lowest BCUT2D eigenvalue weighted by Gasteiger charge is -2.07. The van der Waals surface area contributed by atoms with Gasteiger partial charge in [0.05, 0.1) is 5.69 Å². The van der Waals surface area contributed by atoms with Crippen LogP contribution in [0.5, 0.6) is 0 Å². The first-order chi connectivity index (χ1) is 10.8. The Morgan fingerprint density at radius 3 is 2.27 bits per heavy atom. The number of nitrogens with zero attached hydrogens (tertiary/aromatic N) is 1. The molecule has 3 aromatic rings. The second kappa shape index (κ2) is 6.72. The number of hydrogen-bond donors (Lipinski definition) is 0. The van der Waals surface area contributed by atoms with Crippen LogP contribution in [0.25, 0.3) is 6.08 Å². The Morgan fingerprint density at radius 2 is 1.55 bits per heavy atom. The monoisotopic (exact) mass is 287 g/mol. The Bertz CT molecular complexity index is 770. The molecular formula is C20H17NO. The number of allylic oxidation sites excluding steroid dienone is 1. The van der Waals surface area contributed by atoms with E-state index in [-0.39, 0.29) is 5.78 Å². The summed E-state index contributed by atoms with van der Waals surface area (Å²) in [6, 6.07) is 23.8. The highest BCUT2D eigenvalue weighted by molar-refractivity contribution is 6.05. The molecule has 0 fully saturated rings. The van der Waals surface area contributed by atoms with Gasteiger partial charge >= 0.3 is 0 Å². The van der Waals surface area contributed by atoms with Crippen molar-refractivity contribution in [2.24, 2.45) is 0 Å². The number of benzene rings is 2. The van der Waals surface area contributed by atoms with E-state index in [0.29, 0.717) is 12.2 Å². The molecule has 0 bridgehead atoms. The fourth-order valence-electron chi connectivity index (χ4n) is 2.38. The molecule has 0 aliphatic rings. The Balaban J connectivity index is 1.77. The van der Waals surface area contributed by atoms with Gasteiger partial charge in [-0.2, -0.15) is 0 Å². The fraction of sp³-hybridized carbons (Fsp3) is 0.0500. The largest absolute Gasteiger partial charge is 0.340 e. The third kappa shape index (κ3) is 3.41. The number of rotatable bonds is 5. The third-order valence-corrected chi connectivity index (χ3v) is 3.50. The third-order valence-electron chi connectivity index (χ3n) is 3.50. The van der Waals surface area contributed by atoms with Crippen LogP contribution in [0.3, 0.4) is 0 Å². The van der Waals surface area contributed by atoms with Crippen LogP contribution in [0.15, 0.2) is 85.1 Å². The molecule has 2 nitrogen and oxygen atoms in total. The molecule has 0 aliphatic carbocycles. The molecule has 0 radical (unpaired) electrons. The van der Waals surface area contributed by atoms with Crippen molar-refractivity contribution in [2.75, 3.05) is 0 Å². The summed E-state index contributed by atoms with van der Waals surface area (Å²) < 4.78 is 1.98. The van der Waals surface area contributed by atoms with Crippen molar-refractivity contribution in [3.05, 3.63) is 102 Å². The lowest BCUT2D eigenvalue weighted by Crippen LogP contribution is -2.07. The van der Waals surface area contributed by atoms with Crippen molar-refractivity contribution < 1.29 is 4.79 Å². The highest BCUT2D eigenvalue weighted by Gasteiger charge is 2.08. The Hall–Kier alpha value is -2.87. The smallest absolute Gasteiger partial charge is 0.202 e. The van der Waals surface area contributed by atoms with Crippen molar-refractivity contribution >= 4 is 11.9 Å². The zero-order chi connectivity index (χ0) is 15.2. The van der Waals surface area contributed by atoms with Crippen LogP contribution < -0.4 is 0 Å². The fourth-order valence-corrected chi connectivity index (χ4v) is 2.38. The summed E-state index contributed by atoms with van der Waals surface area (Å²) in [6.07, 6.45) is 5.42. The first kappa shape index (κ1) is 14.1. The van der Waals surface area contributed by atoms with E-state index < -0.39 is 0 Å².